The Hall–Kier alpha value is -0.340. The van der Waals surface area contributed by atoms with Crippen molar-refractivity contribution in [3.63, 3.8) is 0 Å². The second kappa shape index (κ2) is 4.63. The van der Waals surface area contributed by atoms with Crippen LogP contribution in [0.25, 0.3) is 0 Å². The van der Waals surface area contributed by atoms with E-state index in [-0.39, 0.29) is 0 Å². The standard InChI is InChI=1S/C9H11ClOS/c1-7-3-4-8(10)9(5-7)11-6-12-2/h3-5H,6H2,1-2H3. The van der Waals surface area contributed by atoms with Gasteiger partial charge in [0.1, 0.15) is 11.7 Å². The fraction of sp³-hybridized carbons (Fsp3) is 0.333. The molecule has 66 valence electrons. The predicted molar refractivity (Wildman–Crippen MR) is 55.2 cm³/mol. The van der Waals surface area contributed by atoms with Gasteiger partial charge in [-0.15, -0.1) is 11.8 Å². The van der Waals surface area contributed by atoms with E-state index >= 15 is 0 Å². The van der Waals surface area contributed by atoms with Crippen LogP contribution in [0.5, 0.6) is 5.75 Å². The van der Waals surface area contributed by atoms with E-state index in [4.69, 9.17) is 16.3 Å². The molecule has 0 saturated carbocycles. The van der Waals surface area contributed by atoms with Crippen molar-refractivity contribution >= 4 is 23.4 Å². The summed E-state index contributed by atoms with van der Waals surface area (Å²) >= 11 is 7.53. The van der Waals surface area contributed by atoms with E-state index in [9.17, 15) is 0 Å². The Kier molecular flexibility index (Phi) is 3.76. The number of aryl methyl sites for hydroxylation is 1. The quantitative estimate of drug-likeness (QED) is 0.696. The normalized spacial score (nSPS) is 9.92. The number of halogens is 1. The first-order chi connectivity index (χ1) is 5.74. The Balaban J connectivity index is 2.75. The first kappa shape index (κ1) is 9.75. The third-order valence-corrected chi connectivity index (χ3v) is 2.08. The molecule has 0 bridgehead atoms. The van der Waals surface area contributed by atoms with E-state index in [1.165, 1.54) is 0 Å². The van der Waals surface area contributed by atoms with Crippen LogP contribution in [0, 0.1) is 6.92 Å². The second-order valence-corrected chi connectivity index (χ2v) is 3.70. The van der Waals surface area contributed by atoms with Crippen molar-refractivity contribution in [3.05, 3.63) is 28.8 Å². The number of thioether (sulfide) groups is 1. The van der Waals surface area contributed by atoms with Gasteiger partial charge in [0.25, 0.3) is 0 Å². The van der Waals surface area contributed by atoms with Gasteiger partial charge < -0.3 is 4.74 Å². The lowest BCUT2D eigenvalue weighted by Gasteiger charge is -2.06. The molecule has 0 amide bonds. The van der Waals surface area contributed by atoms with Gasteiger partial charge in [-0.25, -0.2) is 0 Å². The number of hydrogen-bond acceptors (Lipinski definition) is 2. The van der Waals surface area contributed by atoms with E-state index in [1.54, 1.807) is 11.8 Å². The van der Waals surface area contributed by atoms with Gasteiger partial charge in [-0.2, -0.15) is 0 Å². The van der Waals surface area contributed by atoms with Crippen LogP contribution in [-0.4, -0.2) is 12.2 Å². The minimum atomic E-state index is 0.642. The average Bonchev–Trinajstić information content (AvgIpc) is 2.07. The van der Waals surface area contributed by atoms with Crippen molar-refractivity contribution in [1.82, 2.24) is 0 Å². The molecular weight excluding hydrogens is 192 g/mol. The summed E-state index contributed by atoms with van der Waals surface area (Å²) in [4.78, 5) is 0. The third kappa shape index (κ3) is 2.61. The molecule has 0 heterocycles. The number of hydrogen-bond donors (Lipinski definition) is 0. The molecule has 1 rings (SSSR count). The lowest BCUT2D eigenvalue weighted by molar-refractivity contribution is 0.393. The minimum Gasteiger partial charge on any atom is -0.481 e. The zero-order valence-electron chi connectivity index (χ0n) is 7.13. The van der Waals surface area contributed by atoms with Gasteiger partial charge in [-0.1, -0.05) is 17.7 Å². The van der Waals surface area contributed by atoms with Crippen molar-refractivity contribution in [2.24, 2.45) is 0 Å². The summed E-state index contributed by atoms with van der Waals surface area (Å²) in [5.74, 6) is 1.41. The first-order valence-electron chi connectivity index (χ1n) is 3.62. The maximum Gasteiger partial charge on any atom is 0.139 e. The SMILES string of the molecule is CSCOc1cc(C)ccc1Cl. The van der Waals surface area contributed by atoms with Crippen LogP contribution in [-0.2, 0) is 0 Å². The highest BCUT2D eigenvalue weighted by atomic mass is 35.5. The molecule has 0 aliphatic heterocycles. The highest BCUT2D eigenvalue weighted by Gasteiger charge is 1.99. The molecule has 0 unspecified atom stereocenters. The lowest BCUT2D eigenvalue weighted by Crippen LogP contribution is -1.92. The monoisotopic (exact) mass is 202 g/mol. The molecule has 0 aromatic heterocycles. The molecule has 0 radical (unpaired) electrons. The fourth-order valence-corrected chi connectivity index (χ4v) is 1.26. The van der Waals surface area contributed by atoms with Gasteiger partial charge in [0, 0.05) is 0 Å². The Labute approximate surface area is 82.1 Å². The van der Waals surface area contributed by atoms with Crippen LogP contribution in [0.4, 0.5) is 0 Å². The molecule has 0 N–H and O–H groups in total. The van der Waals surface area contributed by atoms with Crippen LogP contribution in [0.2, 0.25) is 5.02 Å². The van der Waals surface area contributed by atoms with Crippen molar-refractivity contribution in [2.45, 2.75) is 6.92 Å². The van der Waals surface area contributed by atoms with E-state index in [0.717, 1.165) is 11.3 Å². The molecule has 1 aromatic rings. The Morgan fingerprint density at radius 1 is 1.50 bits per heavy atom. The summed E-state index contributed by atoms with van der Waals surface area (Å²) in [6, 6.07) is 5.76. The first-order valence-corrected chi connectivity index (χ1v) is 5.39. The third-order valence-electron chi connectivity index (χ3n) is 1.42. The van der Waals surface area contributed by atoms with Crippen molar-refractivity contribution in [3.8, 4) is 5.75 Å². The molecule has 12 heavy (non-hydrogen) atoms. The largest absolute Gasteiger partial charge is 0.481 e. The molecule has 3 heteroatoms. The van der Waals surface area contributed by atoms with E-state index in [1.807, 2.05) is 31.4 Å². The van der Waals surface area contributed by atoms with Crippen LogP contribution >= 0.6 is 23.4 Å². The highest BCUT2D eigenvalue weighted by molar-refractivity contribution is 7.98. The van der Waals surface area contributed by atoms with Crippen LogP contribution in [0.1, 0.15) is 5.56 Å². The zero-order chi connectivity index (χ0) is 8.97. The zero-order valence-corrected chi connectivity index (χ0v) is 8.71. The molecule has 0 aliphatic carbocycles. The van der Waals surface area contributed by atoms with Gasteiger partial charge in [0.2, 0.25) is 0 Å². The molecule has 0 aliphatic rings. The van der Waals surface area contributed by atoms with E-state index in [0.29, 0.717) is 11.0 Å². The molecule has 0 atom stereocenters. The number of ether oxygens (including phenoxy) is 1. The summed E-state index contributed by atoms with van der Waals surface area (Å²) in [7, 11) is 0. The Bertz CT molecular complexity index is 263. The van der Waals surface area contributed by atoms with Gasteiger partial charge >= 0.3 is 0 Å². The lowest BCUT2D eigenvalue weighted by atomic mass is 10.2. The van der Waals surface area contributed by atoms with Crippen LogP contribution in [0.3, 0.4) is 0 Å². The summed E-state index contributed by atoms with van der Waals surface area (Å²) < 4.78 is 5.40. The topological polar surface area (TPSA) is 9.23 Å². The van der Waals surface area contributed by atoms with Gasteiger partial charge in [-0.3, -0.25) is 0 Å². The predicted octanol–water partition coefficient (Wildman–Crippen LogP) is 3.35. The fourth-order valence-electron chi connectivity index (χ4n) is 0.844. The van der Waals surface area contributed by atoms with Crippen LogP contribution in [0.15, 0.2) is 18.2 Å². The molecule has 0 fully saturated rings. The smallest absolute Gasteiger partial charge is 0.139 e. The Morgan fingerprint density at radius 2 is 2.25 bits per heavy atom. The van der Waals surface area contributed by atoms with Gasteiger partial charge in [0.15, 0.2) is 0 Å². The van der Waals surface area contributed by atoms with E-state index in [2.05, 4.69) is 0 Å². The maximum atomic E-state index is 5.90. The maximum absolute atomic E-state index is 5.90. The van der Waals surface area contributed by atoms with Crippen LogP contribution < -0.4 is 4.74 Å². The highest BCUT2D eigenvalue weighted by Crippen LogP contribution is 2.25. The van der Waals surface area contributed by atoms with Crippen molar-refractivity contribution in [1.29, 1.82) is 0 Å². The number of benzene rings is 1. The van der Waals surface area contributed by atoms with Crippen molar-refractivity contribution in [2.75, 3.05) is 12.2 Å². The number of rotatable bonds is 3. The summed E-state index contributed by atoms with van der Waals surface area (Å²) in [6.45, 7) is 2.02. The Morgan fingerprint density at radius 3 is 2.92 bits per heavy atom. The molecule has 1 nitrogen and oxygen atoms in total. The summed E-state index contributed by atoms with van der Waals surface area (Å²) in [6.07, 6.45) is 1.99. The second-order valence-electron chi connectivity index (χ2n) is 2.48. The summed E-state index contributed by atoms with van der Waals surface area (Å²) in [5.41, 5.74) is 1.16. The molecule has 0 saturated heterocycles. The summed E-state index contributed by atoms with van der Waals surface area (Å²) in [5, 5.41) is 0.676. The minimum absolute atomic E-state index is 0.642. The van der Waals surface area contributed by atoms with Gasteiger partial charge in [0.05, 0.1) is 5.02 Å². The van der Waals surface area contributed by atoms with Gasteiger partial charge in [-0.05, 0) is 30.9 Å². The molecular formula is C9H11ClOS. The molecule has 0 spiro atoms. The van der Waals surface area contributed by atoms with Crippen molar-refractivity contribution < 1.29 is 4.74 Å². The van der Waals surface area contributed by atoms with E-state index < -0.39 is 0 Å². The average molecular weight is 203 g/mol. The molecule has 1 aromatic carbocycles.